The lowest BCUT2D eigenvalue weighted by atomic mass is 10.1. The van der Waals surface area contributed by atoms with Crippen LogP contribution in [-0.4, -0.2) is 29.3 Å². The second kappa shape index (κ2) is 5.82. The summed E-state index contributed by atoms with van der Waals surface area (Å²) in [5, 5.41) is 9.57. The number of nitrogens with one attached hydrogen (secondary N) is 1. The van der Waals surface area contributed by atoms with Gasteiger partial charge in [-0.15, -0.1) is 0 Å². The Balaban J connectivity index is 1.67. The van der Waals surface area contributed by atoms with Crippen LogP contribution in [0.3, 0.4) is 0 Å². The Hall–Kier alpha value is -2.57. The summed E-state index contributed by atoms with van der Waals surface area (Å²) in [6, 6.07) is 7.74. The molecule has 3 rings (SSSR count). The van der Waals surface area contributed by atoms with Gasteiger partial charge >= 0.3 is 0 Å². The minimum Gasteiger partial charge on any atom is -0.379 e. The van der Waals surface area contributed by atoms with E-state index in [1.54, 1.807) is 0 Å². The molecule has 1 aliphatic heterocycles. The first-order valence-corrected chi connectivity index (χ1v) is 6.98. The molecule has 3 N–H and O–H groups in total. The third-order valence-electron chi connectivity index (χ3n) is 3.58. The van der Waals surface area contributed by atoms with Crippen LogP contribution in [0.4, 0.5) is 17.2 Å². The standard InChI is InChI=1S/C14H17N5O2/c15-13-12(17-21-18-13)14(20)16-10-4-6-11(7-5-10)19-8-2-1-3-9-19/h4-7H,1-3,8-9H2,(H2,15,18)(H,16,20). The first-order valence-electron chi connectivity index (χ1n) is 6.98. The number of nitrogens with zero attached hydrogens (tertiary/aromatic N) is 3. The van der Waals surface area contributed by atoms with Crippen molar-refractivity contribution in [3.05, 3.63) is 30.0 Å². The summed E-state index contributed by atoms with van der Waals surface area (Å²) < 4.78 is 4.41. The molecule has 1 aromatic carbocycles. The first-order chi connectivity index (χ1) is 10.2. The Bertz CT molecular complexity index is 617. The predicted molar refractivity (Wildman–Crippen MR) is 79.2 cm³/mol. The quantitative estimate of drug-likeness (QED) is 0.894. The van der Waals surface area contributed by atoms with Crippen molar-refractivity contribution in [1.82, 2.24) is 10.3 Å². The van der Waals surface area contributed by atoms with Crippen molar-refractivity contribution in [1.29, 1.82) is 0 Å². The molecule has 0 atom stereocenters. The van der Waals surface area contributed by atoms with E-state index >= 15 is 0 Å². The molecule has 0 saturated carbocycles. The molecule has 1 amide bonds. The molecule has 0 radical (unpaired) electrons. The Labute approximate surface area is 122 Å². The molecule has 7 heteroatoms. The van der Waals surface area contributed by atoms with E-state index in [0.717, 1.165) is 13.1 Å². The van der Waals surface area contributed by atoms with Crippen LogP contribution in [0.2, 0.25) is 0 Å². The van der Waals surface area contributed by atoms with Crippen LogP contribution in [0.5, 0.6) is 0 Å². The van der Waals surface area contributed by atoms with Crippen LogP contribution >= 0.6 is 0 Å². The Morgan fingerprint density at radius 1 is 1.14 bits per heavy atom. The molecular weight excluding hydrogens is 270 g/mol. The summed E-state index contributed by atoms with van der Waals surface area (Å²) in [6.07, 6.45) is 3.77. The molecule has 2 aromatic rings. The maximum atomic E-state index is 11.9. The molecule has 1 saturated heterocycles. The zero-order valence-corrected chi connectivity index (χ0v) is 11.6. The average Bonchev–Trinajstić information content (AvgIpc) is 2.95. The van der Waals surface area contributed by atoms with Gasteiger partial charge < -0.3 is 16.0 Å². The molecular formula is C14H17N5O2. The number of benzene rings is 1. The van der Waals surface area contributed by atoms with Crippen LogP contribution in [0.1, 0.15) is 29.8 Å². The number of carbonyl (C=O) groups excluding carboxylic acids is 1. The molecule has 0 aliphatic carbocycles. The minimum absolute atomic E-state index is 0.00453. The second-order valence-electron chi connectivity index (χ2n) is 5.05. The van der Waals surface area contributed by atoms with Crippen molar-refractivity contribution in [3.8, 4) is 0 Å². The lowest BCUT2D eigenvalue weighted by Gasteiger charge is -2.28. The smallest absolute Gasteiger partial charge is 0.281 e. The fraction of sp³-hybridized carbons (Fsp3) is 0.357. The first kappa shape index (κ1) is 13.4. The van der Waals surface area contributed by atoms with Crippen LogP contribution in [0.25, 0.3) is 0 Å². The van der Waals surface area contributed by atoms with Crippen molar-refractivity contribution < 1.29 is 9.42 Å². The van der Waals surface area contributed by atoms with E-state index in [-0.39, 0.29) is 11.5 Å². The van der Waals surface area contributed by atoms with Crippen LogP contribution in [0, 0.1) is 0 Å². The molecule has 110 valence electrons. The maximum Gasteiger partial charge on any atom is 0.281 e. The van der Waals surface area contributed by atoms with Gasteiger partial charge in [-0.3, -0.25) is 4.79 Å². The summed E-state index contributed by atoms with van der Waals surface area (Å²) in [4.78, 5) is 14.3. The van der Waals surface area contributed by atoms with Gasteiger partial charge in [0.25, 0.3) is 5.91 Å². The highest BCUT2D eigenvalue weighted by Crippen LogP contribution is 2.22. The molecule has 21 heavy (non-hydrogen) atoms. The Kier molecular flexibility index (Phi) is 3.72. The fourth-order valence-electron chi connectivity index (χ4n) is 2.45. The molecule has 7 nitrogen and oxygen atoms in total. The van der Waals surface area contributed by atoms with Crippen LogP contribution in [-0.2, 0) is 0 Å². The van der Waals surface area contributed by atoms with E-state index in [2.05, 4.69) is 25.2 Å². The highest BCUT2D eigenvalue weighted by Gasteiger charge is 2.16. The molecule has 0 spiro atoms. The fourth-order valence-corrected chi connectivity index (χ4v) is 2.45. The van der Waals surface area contributed by atoms with Gasteiger partial charge in [0.1, 0.15) is 0 Å². The zero-order chi connectivity index (χ0) is 14.7. The molecule has 1 aromatic heterocycles. The maximum absolute atomic E-state index is 11.9. The number of hydrogen-bond donors (Lipinski definition) is 2. The third kappa shape index (κ3) is 2.96. The lowest BCUT2D eigenvalue weighted by Crippen LogP contribution is -2.29. The topological polar surface area (TPSA) is 97.3 Å². The third-order valence-corrected chi connectivity index (χ3v) is 3.58. The summed E-state index contributed by atoms with van der Waals surface area (Å²) >= 11 is 0. The summed E-state index contributed by atoms with van der Waals surface area (Å²) in [7, 11) is 0. The van der Waals surface area contributed by atoms with E-state index in [1.165, 1.54) is 24.9 Å². The number of aromatic nitrogens is 2. The van der Waals surface area contributed by atoms with Crippen molar-refractivity contribution in [2.45, 2.75) is 19.3 Å². The van der Waals surface area contributed by atoms with E-state index in [4.69, 9.17) is 5.73 Å². The van der Waals surface area contributed by atoms with Crippen LogP contribution in [0.15, 0.2) is 28.9 Å². The Morgan fingerprint density at radius 3 is 2.48 bits per heavy atom. The Morgan fingerprint density at radius 2 is 1.86 bits per heavy atom. The second-order valence-corrected chi connectivity index (χ2v) is 5.05. The van der Waals surface area contributed by atoms with Crippen LogP contribution < -0.4 is 16.0 Å². The number of piperidine rings is 1. The normalized spacial score (nSPS) is 15.0. The van der Waals surface area contributed by atoms with Gasteiger partial charge in [0.15, 0.2) is 0 Å². The van der Waals surface area contributed by atoms with Gasteiger partial charge in [-0.1, -0.05) is 0 Å². The summed E-state index contributed by atoms with van der Waals surface area (Å²) in [5.74, 6) is -0.447. The highest BCUT2D eigenvalue weighted by molar-refractivity contribution is 6.05. The molecule has 1 fully saturated rings. The van der Waals surface area contributed by atoms with Gasteiger partial charge in [-0.25, -0.2) is 4.63 Å². The average molecular weight is 287 g/mol. The predicted octanol–water partition coefficient (Wildman–Crippen LogP) is 1.89. The molecule has 0 unspecified atom stereocenters. The minimum atomic E-state index is -0.431. The van der Waals surface area contributed by atoms with Gasteiger partial charge in [0, 0.05) is 24.5 Å². The summed E-state index contributed by atoms with van der Waals surface area (Å²) in [5.41, 5.74) is 7.34. The number of amides is 1. The van der Waals surface area contributed by atoms with E-state index < -0.39 is 5.91 Å². The zero-order valence-electron chi connectivity index (χ0n) is 11.6. The number of nitrogens with two attached hydrogens (primary N) is 1. The molecule has 2 heterocycles. The van der Waals surface area contributed by atoms with Gasteiger partial charge in [-0.2, -0.15) is 0 Å². The van der Waals surface area contributed by atoms with Gasteiger partial charge in [0.2, 0.25) is 11.5 Å². The number of nitrogen functional groups attached to an aromatic ring is 1. The largest absolute Gasteiger partial charge is 0.379 e. The number of carbonyl (C=O) groups is 1. The summed E-state index contributed by atoms with van der Waals surface area (Å²) in [6.45, 7) is 2.18. The van der Waals surface area contributed by atoms with Gasteiger partial charge in [-0.05, 0) is 53.8 Å². The van der Waals surface area contributed by atoms with Gasteiger partial charge in [0.05, 0.1) is 0 Å². The highest BCUT2D eigenvalue weighted by atomic mass is 16.6. The van der Waals surface area contributed by atoms with Crippen molar-refractivity contribution in [3.63, 3.8) is 0 Å². The van der Waals surface area contributed by atoms with E-state index in [0.29, 0.717) is 5.69 Å². The van der Waals surface area contributed by atoms with Crippen molar-refractivity contribution in [2.75, 3.05) is 29.0 Å². The molecule has 1 aliphatic rings. The number of rotatable bonds is 3. The lowest BCUT2D eigenvalue weighted by molar-refractivity contribution is 0.101. The SMILES string of the molecule is Nc1nonc1C(=O)Nc1ccc(N2CCCCC2)cc1. The number of anilines is 3. The number of hydrogen-bond acceptors (Lipinski definition) is 6. The van der Waals surface area contributed by atoms with E-state index in [1.807, 2.05) is 24.3 Å². The van der Waals surface area contributed by atoms with Crippen molar-refractivity contribution in [2.24, 2.45) is 0 Å². The molecule has 0 bridgehead atoms. The van der Waals surface area contributed by atoms with Crippen molar-refractivity contribution >= 4 is 23.1 Å². The van der Waals surface area contributed by atoms with E-state index in [9.17, 15) is 4.79 Å². The monoisotopic (exact) mass is 287 g/mol.